The third kappa shape index (κ3) is 27.2. The number of thioether (sulfide) groups is 2. The van der Waals surface area contributed by atoms with Gasteiger partial charge in [-0.05, 0) is 222 Å². The fourth-order valence-corrected chi connectivity index (χ4v) is 22.3. The molecule has 5 aliphatic rings. The molecule has 14 rings (SSSR count). The fraction of sp³-hybridized carbons (Fsp3) is 0.485. The normalized spacial score (nSPS) is 24.3. The Kier molecular flexibility index (Phi) is 35.8. The van der Waals surface area contributed by atoms with Crippen molar-refractivity contribution < 1.29 is 53.1 Å². The van der Waals surface area contributed by atoms with Gasteiger partial charge in [0.15, 0.2) is 5.96 Å². The Labute approximate surface area is 797 Å². The number of aliphatic hydroxyl groups excluding tert-OH is 1. The Balaban J connectivity index is 0.730. The maximum atomic E-state index is 15.7. The first kappa shape index (κ1) is 99.3. The smallest absolute Gasteiger partial charge is 0.245 e. The van der Waals surface area contributed by atoms with E-state index in [1.165, 1.54) is 57.9 Å². The fourth-order valence-electron chi connectivity index (χ4n) is 20.3. The van der Waals surface area contributed by atoms with Crippen LogP contribution < -0.4 is 75.3 Å². The molecule has 0 spiro atoms. The lowest BCUT2D eigenvalue weighted by molar-refractivity contribution is -0.136. The second-order valence-electron chi connectivity index (χ2n) is 37.3. The molecular weight excluding hydrogens is 1750 g/mol. The van der Waals surface area contributed by atoms with Crippen LogP contribution in [0.2, 0.25) is 0 Å². The van der Waals surface area contributed by atoms with Crippen molar-refractivity contribution in [3.63, 3.8) is 0 Å². The standard InChI is InChI=1S/C101H133N21O11S2/c1-61(123)92-100(133)119-82(45-62-21-6-4-7-22-62)93(126)107-39-17-14-30-79(112-54-70(113-89(125)60-135-58-66-44-75-73-28-19-33-78-91(73)69(53-111-78)50-87(75)122(3)56-66)25-13-16-38-106-88(124)59-134-57-65-43-74-72-27-18-32-77-90(72)68(52-110-77)49-86(74)121(2)55-65)94(127)114-81(34-20-40-108-101(103)104)95(128)116-83(46-63-23-8-5-9-24-63)97(130)117-84(47-64-35-41-105-42-36-64)98(131)118-85(48-67-51-109-76-29-11-10-26-71(67)76)99(132)115-80(96(129)120-92)31-12-15-37-102/h4-11,18-19,21-24,26-29,32-33,35-36,41-42,51-53,61,65-66,70,74-75,79-87,92,109-112,123H,12-17,20,25,30-31,34,37-40,43-50,54-60,102H2,1-3H3,(H,106,124)(H,107,126)(H,113,125)(H,114,127)(H,115,132)(H,116,128)(H,117,130)(H,118,131)(H,119,133)(H,120,129)(H4,103,104,108)/t61-,65-,66-,70+,74-,75-,79-,80+,81+,82+,83+,84+,85-,86-,87-,92+/m1/s1. The third-order valence-corrected chi connectivity index (χ3v) is 29.6. The number of amides is 10. The zero-order valence-electron chi connectivity index (χ0n) is 77.4. The summed E-state index contributed by atoms with van der Waals surface area (Å²) in [6.07, 6.45) is 14.2. The van der Waals surface area contributed by atoms with Gasteiger partial charge in [0.2, 0.25) is 59.1 Å². The van der Waals surface area contributed by atoms with Gasteiger partial charge in [-0.3, -0.25) is 58.3 Å². The molecule has 16 atom stereocenters. The Bertz CT molecular complexity index is 5530. The Hall–Kier alpha value is -11.7. The molecule has 0 bridgehead atoms. The van der Waals surface area contributed by atoms with Crippen molar-refractivity contribution in [3.05, 3.63) is 209 Å². The summed E-state index contributed by atoms with van der Waals surface area (Å²) in [6, 6.07) is 30.7. The number of aliphatic hydroxyl groups is 1. The van der Waals surface area contributed by atoms with Crippen LogP contribution in [0.4, 0.5) is 0 Å². The summed E-state index contributed by atoms with van der Waals surface area (Å²) in [4.78, 5) is 170. The van der Waals surface area contributed by atoms with E-state index in [2.05, 4.69) is 156 Å². The summed E-state index contributed by atoms with van der Waals surface area (Å²) in [5.41, 5.74) is 22.8. The van der Waals surface area contributed by atoms with E-state index in [0.717, 1.165) is 66.7 Å². The summed E-state index contributed by atoms with van der Waals surface area (Å²) in [7, 11) is 4.43. The van der Waals surface area contributed by atoms with E-state index < -0.39 is 108 Å². The SMILES string of the molecule is C[C@@H](O)[C@@H]1NC(=O)[C@H](CCCCN)NC(=O)[C@@H](Cc2c[nH]c3ccccc23)NC(=O)[C@H](Cc2ccncc2)NC(=O)[C@H](Cc2ccccc2)NC(=O)[C@H](CCCNC(=N)N)NC(=O)[C@H](NC[C@H](CCCCNC(=O)CSC[C@@H]2C[C@@H]3c4cccc5[nH]cc(c45)C[C@H]3N(C)C2)NC(=O)CSC[C@@H]2C[C@@H]3c4cccc5[nH]cc(c45)C[C@H]3N(C)C2)CCCCNC(=O)[C@H](Cc2ccccc2)NC1=O. The number of nitrogens with one attached hydrogen (secondary N) is 16. The first-order valence-corrected chi connectivity index (χ1v) is 50.2. The molecule has 7 heterocycles. The minimum atomic E-state index is -1.68. The monoisotopic (exact) mass is 1880 g/mol. The average molecular weight is 1880 g/mol. The van der Waals surface area contributed by atoms with Crippen LogP contribution >= 0.6 is 23.5 Å². The number of fused-ring (bicyclic) bond motifs is 5. The molecule has 21 N–H and O–H groups in total. The number of para-hydroxylation sites is 1. The number of unbranched alkanes of at least 4 members (excludes halogenated alkanes) is 2. The number of benzene rings is 5. The second kappa shape index (κ2) is 48.7. The minimum absolute atomic E-state index is 0.00671. The van der Waals surface area contributed by atoms with E-state index in [-0.39, 0.29) is 114 Å². The number of aromatic amines is 3. The van der Waals surface area contributed by atoms with Crippen LogP contribution in [0.15, 0.2) is 164 Å². The molecule has 720 valence electrons. The molecule has 2 aliphatic carbocycles. The predicted octanol–water partition coefficient (Wildman–Crippen LogP) is 5.78. The molecule has 0 unspecified atom stereocenters. The molecule has 5 aromatic carbocycles. The van der Waals surface area contributed by atoms with Gasteiger partial charge in [-0.25, -0.2) is 0 Å². The molecule has 3 saturated heterocycles. The van der Waals surface area contributed by atoms with Crippen molar-refractivity contribution in [1.82, 2.24) is 93.5 Å². The molecule has 0 radical (unpaired) electrons. The molecule has 10 amide bonds. The van der Waals surface area contributed by atoms with Gasteiger partial charge in [0.05, 0.1) is 23.7 Å². The van der Waals surface area contributed by atoms with Crippen molar-refractivity contribution in [2.24, 2.45) is 23.3 Å². The van der Waals surface area contributed by atoms with Crippen LogP contribution in [0.1, 0.15) is 147 Å². The van der Waals surface area contributed by atoms with E-state index in [0.29, 0.717) is 102 Å². The lowest BCUT2D eigenvalue weighted by Crippen LogP contribution is -2.62. The number of hydrogen-bond acceptors (Lipinski definition) is 19. The van der Waals surface area contributed by atoms with E-state index >= 15 is 24.0 Å². The number of likely N-dealkylation sites (N-methyl/N-ethyl adjacent to an activating group) is 2. The number of aromatic nitrogens is 4. The number of rotatable bonds is 34. The number of hydrogen-bond donors (Lipinski definition) is 19. The largest absolute Gasteiger partial charge is 0.391 e. The summed E-state index contributed by atoms with van der Waals surface area (Å²) in [5, 5.41) is 58.9. The zero-order valence-corrected chi connectivity index (χ0v) is 79.0. The Morgan fingerprint density at radius 1 is 0.526 bits per heavy atom. The van der Waals surface area contributed by atoms with Crippen LogP contribution in [-0.4, -0.2) is 255 Å². The van der Waals surface area contributed by atoms with Crippen molar-refractivity contribution in [3.8, 4) is 0 Å². The van der Waals surface area contributed by atoms with Crippen LogP contribution in [-0.2, 0) is 86.5 Å². The first-order chi connectivity index (χ1) is 65.5. The number of H-pyrrole nitrogens is 3. The quantitative estimate of drug-likeness (QED) is 0.0129. The topological polar surface area (TPSA) is 478 Å². The molecule has 32 nitrogen and oxygen atoms in total. The van der Waals surface area contributed by atoms with Gasteiger partial charge in [0.25, 0.3) is 0 Å². The molecule has 0 saturated carbocycles. The Morgan fingerprint density at radius 3 is 1.61 bits per heavy atom. The van der Waals surface area contributed by atoms with Crippen molar-refractivity contribution in [2.45, 2.75) is 213 Å². The zero-order chi connectivity index (χ0) is 94.9. The highest BCUT2D eigenvalue weighted by Crippen LogP contribution is 2.47. The molecule has 135 heavy (non-hydrogen) atoms. The highest BCUT2D eigenvalue weighted by atomic mass is 32.2. The minimum Gasteiger partial charge on any atom is -0.391 e. The predicted molar refractivity (Wildman–Crippen MR) is 528 cm³/mol. The van der Waals surface area contributed by atoms with Gasteiger partial charge in [-0.1, -0.05) is 103 Å². The molecular formula is C101H133N21O11S2. The van der Waals surface area contributed by atoms with E-state index in [4.69, 9.17) is 16.9 Å². The van der Waals surface area contributed by atoms with Crippen LogP contribution in [0.5, 0.6) is 0 Å². The number of carbonyl (C=O) groups excluding carboxylic acids is 10. The van der Waals surface area contributed by atoms with Crippen LogP contribution in [0.25, 0.3) is 32.7 Å². The average Bonchev–Trinajstić information content (AvgIpc) is 1.67. The maximum absolute atomic E-state index is 15.7. The highest BCUT2D eigenvalue weighted by molar-refractivity contribution is 8.00. The number of piperidine rings is 2. The third-order valence-electron chi connectivity index (χ3n) is 27.3. The lowest BCUT2D eigenvalue weighted by Gasteiger charge is -2.45. The summed E-state index contributed by atoms with van der Waals surface area (Å²) >= 11 is 3.26. The van der Waals surface area contributed by atoms with Crippen LogP contribution in [0.3, 0.4) is 0 Å². The van der Waals surface area contributed by atoms with Gasteiger partial charge in [-0.2, -0.15) is 23.5 Å². The molecule has 9 aromatic rings. The number of carbonyl (C=O) groups is 10. The molecule has 3 fully saturated rings. The number of guanidine groups is 1. The number of nitrogens with two attached hydrogens (primary N) is 2. The Morgan fingerprint density at radius 2 is 1.02 bits per heavy atom. The van der Waals surface area contributed by atoms with Gasteiger partial charge < -0.3 is 105 Å². The van der Waals surface area contributed by atoms with E-state index in [1.807, 2.05) is 30.3 Å². The first-order valence-electron chi connectivity index (χ1n) is 47.9. The van der Waals surface area contributed by atoms with E-state index in [1.54, 1.807) is 96.5 Å². The number of pyridine rings is 1. The summed E-state index contributed by atoms with van der Waals surface area (Å²) < 4.78 is 0. The lowest BCUT2D eigenvalue weighted by atomic mass is 9.73. The summed E-state index contributed by atoms with van der Waals surface area (Å²) in [5.74, 6) is -3.25. The highest BCUT2D eigenvalue weighted by Gasteiger charge is 2.43. The van der Waals surface area contributed by atoms with Crippen molar-refractivity contribution in [2.75, 3.05) is 82.9 Å². The maximum Gasteiger partial charge on any atom is 0.245 e. The summed E-state index contributed by atoms with van der Waals surface area (Å²) in [6.45, 7) is 4.01. The number of likely N-dealkylation sites (tertiary alicyclic amines) is 2. The van der Waals surface area contributed by atoms with Gasteiger partial charge >= 0.3 is 0 Å². The second-order valence-corrected chi connectivity index (χ2v) is 39.3. The number of nitrogens with zero attached hydrogens (tertiary/aromatic N) is 3. The van der Waals surface area contributed by atoms with Crippen molar-refractivity contribution >= 4 is 121 Å². The van der Waals surface area contributed by atoms with Gasteiger partial charge in [-0.15, -0.1) is 0 Å². The van der Waals surface area contributed by atoms with Gasteiger partial charge in [0.1, 0.15) is 42.3 Å². The molecule has 3 aliphatic heterocycles. The van der Waals surface area contributed by atoms with E-state index in [9.17, 15) is 29.1 Å². The molecule has 34 heteroatoms. The van der Waals surface area contributed by atoms with Crippen LogP contribution in [0, 0.1) is 17.2 Å². The molecule has 4 aromatic heterocycles. The van der Waals surface area contributed by atoms with Crippen molar-refractivity contribution in [1.29, 1.82) is 5.41 Å². The van der Waals surface area contributed by atoms with Gasteiger partial charge in [0, 0.05) is 159 Å².